The van der Waals surface area contributed by atoms with Gasteiger partial charge in [-0.15, -0.1) is 11.8 Å². The highest BCUT2D eigenvalue weighted by molar-refractivity contribution is 7.99. The number of benzene rings is 2. The van der Waals surface area contributed by atoms with Gasteiger partial charge in [-0.1, -0.05) is 42.5 Å². The van der Waals surface area contributed by atoms with Crippen molar-refractivity contribution in [2.75, 3.05) is 30.2 Å². The molecule has 0 aliphatic carbocycles. The Morgan fingerprint density at radius 1 is 1.09 bits per heavy atom. The van der Waals surface area contributed by atoms with Crippen LogP contribution in [0.4, 0.5) is 0 Å². The smallest absolute Gasteiger partial charge is 0.258 e. The number of aromatic nitrogens is 1. The largest absolute Gasteiger partial charge is 0.483 e. The minimum absolute atomic E-state index is 0.228. The number of fused-ring (bicyclic) bond motifs is 1. The molecule has 0 saturated carbocycles. The van der Waals surface area contributed by atoms with E-state index in [1.807, 2.05) is 26.8 Å². The predicted octanol–water partition coefficient (Wildman–Crippen LogP) is 2.50. The first-order valence-electron chi connectivity index (χ1n) is 14.5. The van der Waals surface area contributed by atoms with Crippen molar-refractivity contribution in [2.45, 2.75) is 50.5 Å². The molecular weight excluding hydrogens is 615 g/mol. The highest BCUT2D eigenvalue weighted by Gasteiger charge is 2.41. The van der Waals surface area contributed by atoms with Crippen LogP contribution >= 0.6 is 23.5 Å². The first-order chi connectivity index (χ1) is 21.5. The van der Waals surface area contributed by atoms with Crippen LogP contribution in [0.15, 0.2) is 67.0 Å². The number of nitrogens with one attached hydrogen (secondary N) is 3. The molecule has 1 aliphatic rings. The summed E-state index contributed by atoms with van der Waals surface area (Å²) in [6.07, 6.45) is 3.45. The molecule has 1 saturated heterocycles. The number of pyridine rings is 1. The van der Waals surface area contributed by atoms with Gasteiger partial charge in [0.2, 0.25) is 11.8 Å². The van der Waals surface area contributed by atoms with E-state index in [1.54, 1.807) is 67.2 Å². The zero-order valence-corrected chi connectivity index (χ0v) is 27.3. The summed E-state index contributed by atoms with van der Waals surface area (Å²) < 4.78 is 5.77. The number of aliphatic hydroxyl groups excluding tert-OH is 1. The van der Waals surface area contributed by atoms with E-state index in [0.717, 1.165) is 10.8 Å². The number of nitrogens with zero attached hydrogens (tertiary/aromatic N) is 2. The van der Waals surface area contributed by atoms with Crippen molar-refractivity contribution in [1.82, 2.24) is 25.8 Å². The summed E-state index contributed by atoms with van der Waals surface area (Å²) in [5.74, 6) is -0.700. The summed E-state index contributed by atoms with van der Waals surface area (Å²) in [6.45, 7) is 5.23. The topological polar surface area (TPSA) is 150 Å². The Balaban J connectivity index is 1.46. The molecule has 2 aromatic carbocycles. The lowest BCUT2D eigenvalue weighted by Gasteiger charge is -2.32. The van der Waals surface area contributed by atoms with Crippen molar-refractivity contribution >= 4 is 57.9 Å². The van der Waals surface area contributed by atoms with E-state index in [0.29, 0.717) is 17.1 Å². The molecule has 0 radical (unpaired) electrons. The van der Waals surface area contributed by atoms with Gasteiger partial charge in [0.1, 0.15) is 17.8 Å². The van der Waals surface area contributed by atoms with Crippen LogP contribution in [-0.4, -0.2) is 92.6 Å². The van der Waals surface area contributed by atoms with E-state index in [4.69, 9.17) is 4.74 Å². The van der Waals surface area contributed by atoms with Crippen molar-refractivity contribution in [2.24, 2.45) is 0 Å². The van der Waals surface area contributed by atoms with E-state index >= 15 is 0 Å². The fourth-order valence-corrected chi connectivity index (χ4v) is 6.58. The van der Waals surface area contributed by atoms with Crippen LogP contribution in [0.3, 0.4) is 0 Å². The number of amides is 4. The van der Waals surface area contributed by atoms with Gasteiger partial charge in [-0.25, -0.2) is 0 Å². The number of carbonyl (C=O) groups excluding carboxylic acids is 4. The molecule has 45 heavy (non-hydrogen) atoms. The quantitative estimate of drug-likeness (QED) is 0.231. The van der Waals surface area contributed by atoms with Gasteiger partial charge in [-0.05, 0) is 44.7 Å². The third-order valence-electron chi connectivity index (χ3n) is 6.98. The van der Waals surface area contributed by atoms with E-state index in [9.17, 15) is 24.3 Å². The predicted molar refractivity (Wildman–Crippen MR) is 177 cm³/mol. The van der Waals surface area contributed by atoms with Crippen LogP contribution in [0.1, 0.15) is 32.4 Å². The fourth-order valence-electron chi connectivity index (χ4n) is 4.85. The second-order valence-corrected chi connectivity index (χ2v) is 13.5. The Morgan fingerprint density at radius 2 is 1.84 bits per heavy atom. The molecule has 0 spiro atoms. The second-order valence-electron chi connectivity index (χ2n) is 11.6. The number of carbonyl (C=O) groups is 4. The highest BCUT2D eigenvalue weighted by atomic mass is 32.2. The van der Waals surface area contributed by atoms with Crippen molar-refractivity contribution in [1.29, 1.82) is 0 Å². The van der Waals surface area contributed by atoms with E-state index < -0.39 is 47.5 Å². The van der Waals surface area contributed by atoms with Crippen LogP contribution < -0.4 is 20.7 Å². The summed E-state index contributed by atoms with van der Waals surface area (Å²) >= 11 is 2.77. The average Bonchev–Trinajstić information content (AvgIpc) is 3.52. The molecule has 1 aliphatic heterocycles. The first-order valence-corrected chi connectivity index (χ1v) is 17.0. The standard InChI is InChI=1S/C32H39N5O6S2/c1-32(2,3)36-30(41)24-18-45-19-37(24)31(42)28(39)27(20-9-6-5-7-10-20)35-29(40)23(17-44-4)34-26(38)16-43-25-12-8-11-21-15-33-14-13-22(21)25/h5-15,23-24,27-28,39H,16-19H2,1-4H3,(H,34,38)(H,35,40)(H,36,41)/t23-,24-,27?,28?/m0/s1. The lowest BCUT2D eigenvalue weighted by molar-refractivity contribution is -0.147. The molecule has 0 bridgehead atoms. The van der Waals surface area contributed by atoms with Crippen molar-refractivity contribution in [3.8, 4) is 5.75 Å². The number of thioether (sulfide) groups is 2. The number of ether oxygens (including phenoxy) is 1. The molecule has 240 valence electrons. The lowest BCUT2D eigenvalue weighted by atomic mass is 9.99. The van der Waals surface area contributed by atoms with Gasteiger partial charge < -0.3 is 30.7 Å². The van der Waals surface area contributed by atoms with Crippen LogP contribution in [0.2, 0.25) is 0 Å². The van der Waals surface area contributed by atoms with Gasteiger partial charge >= 0.3 is 0 Å². The van der Waals surface area contributed by atoms with Crippen molar-refractivity contribution in [3.05, 3.63) is 72.6 Å². The monoisotopic (exact) mass is 653 g/mol. The average molecular weight is 654 g/mol. The molecule has 2 unspecified atom stereocenters. The van der Waals surface area contributed by atoms with Gasteiger partial charge in [0.05, 0.1) is 11.9 Å². The van der Waals surface area contributed by atoms with Gasteiger partial charge in [0, 0.05) is 40.2 Å². The Labute approximate surface area is 271 Å². The molecule has 4 rings (SSSR count). The Hall–Kier alpha value is -3.81. The molecule has 11 nitrogen and oxygen atoms in total. The zero-order valence-electron chi connectivity index (χ0n) is 25.7. The number of hydrogen-bond donors (Lipinski definition) is 4. The normalized spacial score (nSPS) is 16.8. The fraction of sp³-hybridized carbons (Fsp3) is 0.406. The van der Waals surface area contributed by atoms with Gasteiger partial charge in [0.15, 0.2) is 12.7 Å². The van der Waals surface area contributed by atoms with E-state index in [2.05, 4.69) is 20.9 Å². The molecular formula is C32H39N5O6S2. The molecule has 4 amide bonds. The Kier molecular flexibility index (Phi) is 11.7. The third kappa shape index (κ3) is 9.12. The number of aliphatic hydroxyl groups is 1. The minimum atomic E-state index is -1.69. The summed E-state index contributed by atoms with van der Waals surface area (Å²) in [7, 11) is 0. The van der Waals surface area contributed by atoms with E-state index in [1.165, 1.54) is 28.4 Å². The SMILES string of the molecule is CSC[C@H](NC(=O)COc1cccc2cnccc12)C(=O)NC(c1ccccc1)C(O)C(=O)N1CSC[C@H]1C(=O)NC(C)(C)C. The molecule has 4 atom stereocenters. The summed E-state index contributed by atoms with van der Waals surface area (Å²) in [6, 6.07) is 13.0. The molecule has 1 fully saturated rings. The van der Waals surface area contributed by atoms with Crippen LogP contribution in [-0.2, 0) is 19.2 Å². The molecule has 2 heterocycles. The summed E-state index contributed by atoms with van der Waals surface area (Å²) in [5.41, 5.74) is 0.00377. The van der Waals surface area contributed by atoms with Crippen LogP contribution in [0.5, 0.6) is 5.75 Å². The van der Waals surface area contributed by atoms with Crippen LogP contribution in [0.25, 0.3) is 10.8 Å². The minimum Gasteiger partial charge on any atom is -0.483 e. The third-order valence-corrected chi connectivity index (χ3v) is 8.65. The highest BCUT2D eigenvalue weighted by Crippen LogP contribution is 2.27. The maximum atomic E-state index is 13.6. The number of rotatable bonds is 12. The molecule has 4 N–H and O–H groups in total. The maximum absolute atomic E-state index is 13.6. The lowest BCUT2D eigenvalue weighted by Crippen LogP contribution is -2.56. The van der Waals surface area contributed by atoms with Gasteiger partial charge in [-0.3, -0.25) is 24.2 Å². The van der Waals surface area contributed by atoms with E-state index in [-0.39, 0.29) is 24.1 Å². The molecule has 1 aromatic heterocycles. The second kappa shape index (κ2) is 15.5. The van der Waals surface area contributed by atoms with Crippen molar-refractivity contribution in [3.63, 3.8) is 0 Å². The zero-order chi connectivity index (χ0) is 32.6. The molecule has 13 heteroatoms. The maximum Gasteiger partial charge on any atom is 0.258 e. The number of hydrogen-bond acceptors (Lipinski definition) is 9. The Morgan fingerprint density at radius 3 is 2.56 bits per heavy atom. The van der Waals surface area contributed by atoms with Gasteiger partial charge in [-0.2, -0.15) is 11.8 Å². The van der Waals surface area contributed by atoms with Gasteiger partial charge in [0.25, 0.3) is 11.8 Å². The molecule has 3 aromatic rings. The Bertz CT molecular complexity index is 1500. The summed E-state index contributed by atoms with van der Waals surface area (Å²) in [4.78, 5) is 58.6. The van der Waals surface area contributed by atoms with Crippen LogP contribution in [0, 0.1) is 0 Å². The van der Waals surface area contributed by atoms with Crippen molar-refractivity contribution < 1.29 is 29.0 Å². The first kappa shape index (κ1) is 34.1. The summed E-state index contributed by atoms with van der Waals surface area (Å²) in [5, 5.41) is 21.5.